The van der Waals surface area contributed by atoms with Gasteiger partial charge in [0.2, 0.25) is 0 Å². The predicted octanol–water partition coefficient (Wildman–Crippen LogP) is 5.02. The number of allylic oxidation sites excluding steroid dienone is 1. The molecule has 0 spiro atoms. The number of halogens is 1. The Morgan fingerprint density at radius 3 is 2.13 bits per heavy atom. The summed E-state index contributed by atoms with van der Waals surface area (Å²) in [6.45, 7) is 0. The van der Waals surface area contributed by atoms with Crippen LogP contribution in [0, 0.1) is 0 Å². The highest BCUT2D eigenvalue weighted by molar-refractivity contribution is 7.87. The second-order valence-electron chi connectivity index (χ2n) is 6.32. The van der Waals surface area contributed by atoms with Crippen molar-refractivity contribution in [3.8, 4) is 17.2 Å². The van der Waals surface area contributed by atoms with E-state index in [-0.39, 0.29) is 16.4 Å². The Morgan fingerprint density at radius 2 is 1.52 bits per heavy atom. The summed E-state index contributed by atoms with van der Waals surface area (Å²) in [5.74, 6) is 1.04. The number of ether oxygens (including phenoxy) is 2. The molecule has 0 aromatic heterocycles. The molecule has 0 fully saturated rings. The van der Waals surface area contributed by atoms with Gasteiger partial charge in [-0.1, -0.05) is 11.6 Å². The Bertz CT molecular complexity index is 1200. The average molecular weight is 459 g/mol. The first-order valence-corrected chi connectivity index (χ1v) is 10.9. The fraction of sp³-hybridized carbons (Fsp3) is 0.0870. The standard InChI is InChI=1S/C23H19ClO6S/c1-28-20-11-5-17(23(15-20)29-2)6-14-22(25)16-3-9-19(10-4-16)30-31(26,27)21-12-7-18(24)8-13-21/h3-15H,1-2H3/b14-6+. The molecular formula is C23H19ClO6S. The van der Waals surface area contributed by atoms with E-state index in [2.05, 4.69) is 0 Å². The molecule has 3 aromatic rings. The number of hydrogen-bond donors (Lipinski definition) is 0. The molecule has 0 aliphatic carbocycles. The summed E-state index contributed by atoms with van der Waals surface area (Å²) in [6, 6.07) is 16.7. The first kappa shape index (κ1) is 22.4. The van der Waals surface area contributed by atoms with Gasteiger partial charge in [0, 0.05) is 22.2 Å². The number of ketones is 1. The lowest BCUT2D eigenvalue weighted by Gasteiger charge is -2.08. The zero-order chi connectivity index (χ0) is 22.4. The van der Waals surface area contributed by atoms with Crippen molar-refractivity contribution in [2.45, 2.75) is 4.90 Å². The predicted molar refractivity (Wildman–Crippen MR) is 119 cm³/mol. The van der Waals surface area contributed by atoms with E-state index in [9.17, 15) is 13.2 Å². The van der Waals surface area contributed by atoms with Crippen LogP contribution in [0.5, 0.6) is 17.2 Å². The van der Waals surface area contributed by atoms with Gasteiger partial charge in [0.15, 0.2) is 5.78 Å². The maximum absolute atomic E-state index is 12.5. The smallest absolute Gasteiger partial charge is 0.339 e. The zero-order valence-corrected chi connectivity index (χ0v) is 18.3. The van der Waals surface area contributed by atoms with Gasteiger partial charge in [-0.15, -0.1) is 0 Å². The van der Waals surface area contributed by atoms with Crippen molar-refractivity contribution in [2.75, 3.05) is 14.2 Å². The molecular weight excluding hydrogens is 440 g/mol. The van der Waals surface area contributed by atoms with E-state index in [4.69, 9.17) is 25.3 Å². The SMILES string of the molecule is COc1ccc(/C=C/C(=O)c2ccc(OS(=O)(=O)c3ccc(Cl)cc3)cc2)c(OC)c1. The maximum Gasteiger partial charge on any atom is 0.339 e. The van der Waals surface area contributed by atoms with Crippen molar-refractivity contribution in [1.82, 2.24) is 0 Å². The van der Waals surface area contributed by atoms with Gasteiger partial charge in [0.05, 0.1) is 14.2 Å². The van der Waals surface area contributed by atoms with Gasteiger partial charge in [-0.05, 0) is 72.8 Å². The van der Waals surface area contributed by atoms with Crippen molar-refractivity contribution in [3.05, 3.63) is 89.0 Å². The van der Waals surface area contributed by atoms with E-state index in [1.807, 2.05) is 0 Å². The Hall–Kier alpha value is -3.29. The molecule has 0 N–H and O–H groups in total. The molecule has 0 atom stereocenters. The fourth-order valence-corrected chi connectivity index (χ4v) is 3.72. The molecule has 0 heterocycles. The molecule has 160 valence electrons. The van der Waals surface area contributed by atoms with Gasteiger partial charge in [0.25, 0.3) is 0 Å². The lowest BCUT2D eigenvalue weighted by molar-refractivity contribution is 0.104. The number of carbonyl (C=O) groups excluding carboxylic acids is 1. The lowest BCUT2D eigenvalue weighted by atomic mass is 10.1. The third kappa shape index (κ3) is 5.65. The number of rotatable bonds is 8. The van der Waals surface area contributed by atoms with Crippen LogP contribution in [-0.2, 0) is 10.1 Å². The Morgan fingerprint density at radius 1 is 0.871 bits per heavy atom. The second kappa shape index (κ2) is 9.68. The number of hydrogen-bond acceptors (Lipinski definition) is 6. The number of methoxy groups -OCH3 is 2. The molecule has 0 bridgehead atoms. The molecule has 0 unspecified atom stereocenters. The van der Waals surface area contributed by atoms with Crippen molar-refractivity contribution >= 4 is 33.6 Å². The van der Waals surface area contributed by atoms with E-state index in [0.29, 0.717) is 27.6 Å². The van der Waals surface area contributed by atoms with Crippen molar-refractivity contribution < 1.29 is 26.9 Å². The molecule has 3 rings (SSSR count). The molecule has 6 nitrogen and oxygen atoms in total. The molecule has 0 aliphatic heterocycles. The fourth-order valence-electron chi connectivity index (χ4n) is 2.67. The molecule has 0 amide bonds. The highest BCUT2D eigenvalue weighted by atomic mass is 35.5. The summed E-state index contributed by atoms with van der Waals surface area (Å²) in [6.07, 6.45) is 3.04. The third-order valence-corrected chi connectivity index (χ3v) is 5.82. The van der Waals surface area contributed by atoms with Gasteiger partial charge < -0.3 is 13.7 Å². The van der Waals surface area contributed by atoms with E-state index >= 15 is 0 Å². The Labute approximate surface area is 185 Å². The van der Waals surface area contributed by atoms with Crippen LogP contribution in [0.3, 0.4) is 0 Å². The monoisotopic (exact) mass is 458 g/mol. The first-order chi connectivity index (χ1) is 14.8. The first-order valence-electron chi connectivity index (χ1n) is 9.07. The normalized spacial score (nSPS) is 11.3. The van der Waals surface area contributed by atoms with Crippen LogP contribution in [0.2, 0.25) is 5.02 Å². The van der Waals surface area contributed by atoms with Crippen molar-refractivity contribution in [2.24, 2.45) is 0 Å². The van der Waals surface area contributed by atoms with Gasteiger partial charge in [-0.3, -0.25) is 4.79 Å². The summed E-state index contributed by atoms with van der Waals surface area (Å²) in [7, 11) is -0.915. The molecule has 0 saturated heterocycles. The summed E-state index contributed by atoms with van der Waals surface area (Å²) in [4.78, 5) is 12.4. The average Bonchev–Trinajstić information content (AvgIpc) is 2.77. The minimum absolute atomic E-state index is 0.0200. The quantitative estimate of drug-likeness (QED) is 0.268. The van der Waals surface area contributed by atoms with Gasteiger partial charge >= 0.3 is 10.1 Å². The summed E-state index contributed by atoms with van der Waals surface area (Å²) < 4.78 is 40.2. The topological polar surface area (TPSA) is 78.9 Å². The summed E-state index contributed by atoms with van der Waals surface area (Å²) in [5, 5.41) is 0.419. The lowest BCUT2D eigenvalue weighted by Crippen LogP contribution is -2.09. The van der Waals surface area contributed by atoms with Gasteiger partial charge in [-0.25, -0.2) is 0 Å². The minimum atomic E-state index is -4.00. The molecule has 3 aromatic carbocycles. The van der Waals surface area contributed by atoms with E-state index in [0.717, 1.165) is 0 Å². The largest absolute Gasteiger partial charge is 0.497 e. The molecule has 0 aliphatic rings. The zero-order valence-electron chi connectivity index (χ0n) is 16.7. The van der Waals surface area contributed by atoms with Crippen LogP contribution in [0.15, 0.2) is 77.7 Å². The molecule has 8 heteroatoms. The summed E-state index contributed by atoms with van der Waals surface area (Å²) in [5.41, 5.74) is 1.09. The minimum Gasteiger partial charge on any atom is -0.497 e. The van der Waals surface area contributed by atoms with Crippen LogP contribution in [0.4, 0.5) is 0 Å². The highest BCUT2D eigenvalue weighted by Gasteiger charge is 2.16. The van der Waals surface area contributed by atoms with Crippen LogP contribution in [-0.4, -0.2) is 28.4 Å². The van der Waals surface area contributed by atoms with Crippen molar-refractivity contribution in [3.63, 3.8) is 0 Å². The highest BCUT2D eigenvalue weighted by Crippen LogP contribution is 2.26. The second-order valence-corrected chi connectivity index (χ2v) is 8.30. The number of carbonyl (C=O) groups is 1. The van der Waals surface area contributed by atoms with Crippen LogP contribution >= 0.6 is 11.6 Å². The molecule has 0 saturated carbocycles. The maximum atomic E-state index is 12.5. The number of benzene rings is 3. The Balaban J connectivity index is 1.72. The van der Waals surface area contributed by atoms with Gasteiger partial charge in [-0.2, -0.15) is 8.42 Å². The third-order valence-electron chi connectivity index (χ3n) is 4.30. The van der Waals surface area contributed by atoms with Crippen LogP contribution in [0.25, 0.3) is 6.08 Å². The molecule has 0 radical (unpaired) electrons. The van der Waals surface area contributed by atoms with E-state index in [1.165, 1.54) is 61.7 Å². The Kier molecular flexibility index (Phi) is 6.99. The van der Waals surface area contributed by atoms with E-state index < -0.39 is 10.1 Å². The van der Waals surface area contributed by atoms with Crippen molar-refractivity contribution in [1.29, 1.82) is 0 Å². The van der Waals surface area contributed by atoms with Crippen LogP contribution in [0.1, 0.15) is 15.9 Å². The van der Waals surface area contributed by atoms with Crippen LogP contribution < -0.4 is 13.7 Å². The van der Waals surface area contributed by atoms with E-state index in [1.54, 1.807) is 31.4 Å². The molecule has 31 heavy (non-hydrogen) atoms. The summed E-state index contributed by atoms with van der Waals surface area (Å²) >= 11 is 5.78. The van der Waals surface area contributed by atoms with Gasteiger partial charge in [0.1, 0.15) is 22.1 Å².